The van der Waals surface area contributed by atoms with Gasteiger partial charge >= 0.3 is 11.9 Å². The Hall–Kier alpha value is -1.84. The van der Waals surface area contributed by atoms with Crippen LogP contribution in [-0.4, -0.2) is 22.3 Å². The van der Waals surface area contributed by atoms with Crippen molar-refractivity contribution in [2.75, 3.05) is 0 Å². The standard InChI is InChI=1S/C15H15NO3/c17-12-14(18)19-13-11-6-2-1-5-10(11)9-15(16(12)13)7-3-4-8-15/h1-2,5-6,13H,3-4,7-9H2. The van der Waals surface area contributed by atoms with E-state index in [-0.39, 0.29) is 5.54 Å². The molecule has 19 heavy (non-hydrogen) atoms. The topological polar surface area (TPSA) is 46.6 Å². The molecule has 0 radical (unpaired) electrons. The van der Waals surface area contributed by atoms with Crippen LogP contribution >= 0.6 is 0 Å². The van der Waals surface area contributed by atoms with Gasteiger partial charge in [0.25, 0.3) is 0 Å². The van der Waals surface area contributed by atoms with Crippen molar-refractivity contribution in [1.82, 2.24) is 4.90 Å². The molecule has 1 spiro atoms. The van der Waals surface area contributed by atoms with E-state index in [1.54, 1.807) is 4.90 Å². The molecule has 1 saturated carbocycles. The number of carbonyl (C=O) groups excluding carboxylic acids is 2. The summed E-state index contributed by atoms with van der Waals surface area (Å²) in [7, 11) is 0. The highest BCUT2D eigenvalue weighted by molar-refractivity contribution is 6.34. The number of ether oxygens (including phenoxy) is 1. The van der Waals surface area contributed by atoms with Crippen LogP contribution in [0.5, 0.6) is 0 Å². The molecule has 1 aromatic rings. The van der Waals surface area contributed by atoms with Gasteiger partial charge in [0.1, 0.15) is 0 Å². The summed E-state index contributed by atoms with van der Waals surface area (Å²) in [4.78, 5) is 25.6. The zero-order valence-corrected chi connectivity index (χ0v) is 10.6. The van der Waals surface area contributed by atoms with Crippen LogP contribution in [0.25, 0.3) is 0 Å². The highest BCUT2D eigenvalue weighted by Gasteiger charge is 2.56. The number of esters is 1. The van der Waals surface area contributed by atoms with Crippen molar-refractivity contribution in [3.8, 4) is 0 Å². The van der Waals surface area contributed by atoms with Crippen molar-refractivity contribution in [2.24, 2.45) is 0 Å². The summed E-state index contributed by atoms with van der Waals surface area (Å²) >= 11 is 0. The number of hydrogen-bond donors (Lipinski definition) is 0. The first-order chi connectivity index (χ1) is 9.21. The Balaban J connectivity index is 1.89. The molecule has 4 rings (SSSR count). The van der Waals surface area contributed by atoms with Crippen LogP contribution in [0, 0.1) is 0 Å². The predicted octanol–water partition coefficient (Wildman–Crippen LogP) is 1.94. The molecule has 1 amide bonds. The summed E-state index contributed by atoms with van der Waals surface area (Å²) in [6.07, 6.45) is 4.53. The van der Waals surface area contributed by atoms with Crippen molar-refractivity contribution in [3.63, 3.8) is 0 Å². The zero-order chi connectivity index (χ0) is 13.0. The summed E-state index contributed by atoms with van der Waals surface area (Å²) in [6.45, 7) is 0. The first-order valence-corrected chi connectivity index (χ1v) is 6.83. The third-order valence-corrected chi connectivity index (χ3v) is 4.73. The SMILES string of the molecule is O=C1OC2c3ccccc3CC3(CCCC3)N2C1=O. The minimum Gasteiger partial charge on any atom is -0.430 e. The van der Waals surface area contributed by atoms with Gasteiger partial charge in [-0.15, -0.1) is 0 Å². The Morgan fingerprint density at radius 2 is 1.89 bits per heavy atom. The monoisotopic (exact) mass is 257 g/mol. The normalized spacial score (nSPS) is 27.4. The second-order valence-corrected chi connectivity index (χ2v) is 5.74. The maximum Gasteiger partial charge on any atom is 0.399 e. The van der Waals surface area contributed by atoms with E-state index in [1.165, 1.54) is 5.56 Å². The van der Waals surface area contributed by atoms with Gasteiger partial charge in [0, 0.05) is 5.56 Å². The molecule has 1 unspecified atom stereocenters. The summed E-state index contributed by atoms with van der Waals surface area (Å²) < 4.78 is 5.33. The highest BCUT2D eigenvalue weighted by atomic mass is 16.6. The lowest BCUT2D eigenvalue weighted by atomic mass is 9.81. The Kier molecular flexibility index (Phi) is 2.08. The van der Waals surface area contributed by atoms with Gasteiger partial charge in [-0.2, -0.15) is 0 Å². The molecule has 4 heteroatoms. The van der Waals surface area contributed by atoms with Gasteiger partial charge < -0.3 is 4.74 Å². The van der Waals surface area contributed by atoms with E-state index in [1.807, 2.05) is 18.2 Å². The van der Waals surface area contributed by atoms with E-state index < -0.39 is 18.1 Å². The smallest absolute Gasteiger partial charge is 0.399 e. The summed E-state index contributed by atoms with van der Waals surface area (Å²) in [5.74, 6) is -1.16. The van der Waals surface area contributed by atoms with Crippen molar-refractivity contribution in [3.05, 3.63) is 35.4 Å². The molecule has 1 saturated heterocycles. The van der Waals surface area contributed by atoms with Gasteiger partial charge in [-0.05, 0) is 24.8 Å². The summed E-state index contributed by atoms with van der Waals surface area (Å²) in [6, 6.07) is 7.99. The molecule has 2 aliphatic heterocycles. The maximum absolute atomic E-state index is 12.2. The summed E-state index contributed by atoms with van der Waals surface area (Å²) in [5.41, 5.74) is 2.00. The first-order valence-electron chi connectivity index (χ1n) is 6.83. The molecule has 4 nitrogen and oxygen atoms in total. The molecule has 0 aromatic heterocycles. The minimum atomic E-state index is -0.701. The minimum absolute atomic E-state index is 0.192. The van der Waals surface area contributed by atoms with E-state index in [0.29, 0.717) is 0 Å². The third-order valence-electron chi connectivity index (χ3n) is 4.73. The molecular weight excluding hydrogens is 242 g/mol. The zero-order valence-electron chi connectivity index (χ0n) is 10.6. The number of nitrogens with zero attached hydrogens (tertiary/aromatic N) is 1. The average molecular weight is 257 g/mol. The fraction of sp³-hybridized carbons (Fsp3) is 0.467. The lowest BCUT2D eigenvalue weighted by Gasteiger charge is -2.45. The molecule has 1 atom stereocenters. The van der Waals surface area contributed by atoms with Crippen LogP contribution in [0.3, 0.4) is 0 Å². The molecule has 98 valence electrons. The molecule has 3 aliphatic rings. The van der Waals surface area contributed by atoms with E-state index in [4.69, 9.17) is 4.74 Å². The molecule has 2 heterocycles. The van der Waals surface area contributed by atoms with Crippen LogP contribution < -0.4 is 0 Å². The Labute approximate surface area is 111 Å². The van der Waals surface area contributed by atoms with Crippen molar-refractivity contribution < 1.29 is 14.3 Å². The van der Waals surface area contributed by atoms with Crippen molar-refractivity contribution in [1.29, 1.82) is 0 Å². The van der Waals surface area contributed by atoms with Crippen LogP contribution in [0.4, 0.5) is 0 Å². The second kappa shape index (κ2) is 3.59. The number of rotatable bonds is 0. The van der Waals surface area contributed by atoms with E-state index in [0.717, 1.165) is 37.7 Å². The van der Waals surface area contributed by atoms with Gasteiger partial charge in [-0.3, -0.25) is 9.69 Å². The fourth-order valence-corrected chi connectivity index (χ4v) is 3.90. The van der Waals surface area contributed by atoms with E-state index >= 15 is 0 Å². The van der Waals surface area contributed by atoms with E-state index in [9.17, 15) is 9.59 Å². The van der Waals surface area contributed by atoms with Crippen LogP contribution in [-0.2, 0) is 20.7 Å². The number of fused-ring (bicyclic) bond motifs is 4. The number of benzene rings is 1. The van der Waals surface area contributed by atoms with Crippen LogP contribution in [0.1, 0.15) is 43.0 Å². The molecule has 1 aliphatic carbocycles. The fourth-order valence-electron chi connectivity index (χ4n) is 3.90. The van der Waals surface area contributed by atoms with Crippen LogP contribution in [0.15, 0.2) is 24.3 Å². The van der Waals surface area contributed by atoms with Gasteiger partial charge in [-0.25, -0.2) is 4.79 Å². The first kappa shape index (κ1) is 11.0. The number of hydrogen-bond acceptors (Lipinski definition) is 3. The molecule has 2 fully saturated rings. The van der Waals surface area contributed by atoms with Crippen molar-refractivity contribution in [2.45, 2.75) is 43.9 Å². The van der Waals surface area contributed by atoms with Gasteiger partial charge in [0.15, 0.2) is 0 Å². The van der Waals surface area contributed by atoms with Gasteiger partial charge in [-0.1, -0.05) is 37.1 Å². The Morgan fingerprint density at radius 3 is 2.68 bits per heavy atom. The Morgan fingerprint density at radius 1 is 1.16 bits per heavy atom. The average Bonchev–Trinajstić information content (AvgIpc) is 2.97. The quantitative estimate of drug-likeness (QED) is 0.527. The third kappa shape index (κ3) is 1.34. The molecule has 0 N–H and O–H groups in total. The second-order valence-electron chi connectivity index (χ2n) is 5.74. The number of amides is 1. The molecule has 0 bridgehead atoms. The molecular formula is C15H15NO3. The molecule has 1 aromatic carbocycles. The van der Waals surface area contributed by atoms with Gasteiger partial charge in [0.2, 0.25) is 6.23 Å². The highest BCUT2D eigenvalue weighted by Crippen LogP contribution is 2.49. The van der Waals surface area contributed by atoms with Gasteiger partial charge in [0.05, 0.1) is 5.54 Å². The summed E-state index contributed by atoms with van der Waals surface area (Å²) in [5, 5.41) is 0. The van der Waals surface area contributed by atoms with Crippen molar-refractivity contribution >= 4 is 11.9 Å². The maximum atomic E-state index is 12.2. The lowest BCUT2D eigenvalue weighted by molar-refractivity contribution is -0.149. The lowest BCUT2D eigenvalue weighted by Crippen LogP contribution is -2.53. The van der Waals surface area contributed by atoms with E-state index in [2.05, 4.69) is 6.07 Å². The number of carbonyl (C=O) groups is 2. The van der Waals surface area contributed by atoms with Crippen LogP contribution in [0.2, 0.25) is 0 Å². The largest absolute Gasteiger partial charge is 0.430 e. The Bertz CT molecular complexity index is 575. The predicted molar refractivity (Wildman–Crippen MR) is 67.0 cm³/mol.